The van der Waals surface area contributed by atoms with Gasteiger partial charge in [-0.3, -0.25) is 10.6 Å². The van der Waals surface area contributed by atoms with Crippen molar-refractivity contribution in [2.24, 2.45) is 11.5 Å². The minimum Gasteiger partial charge on any atom is -0.489 e. The molecule has 1 aromatic heterocycles. The Morgan fingerprint density at radius 1 is 0.976 bits per heavy atom. The average molecular weight is 579 g/mol. The largest absolute Gasteiger partial charge is 0.489 e. The Labute approximate surface area is 243 Å². The van der Waals surface area contributed by atoms with E-state index >= 15 is 0 Å². The van der Waals surface area contributed by atoms with Crippen LogP contribution in [0.5, 0.6) is 5.75 Å². The van der Waals surface area contributed by atoms with Crippen molar-refractivity contribution in [3.05, 3.63) is 71.4 Å². The van der Waals surface area contributed by atoms with Gasteiger partial charge in [0.1, 0.15) is 17.7 Å². The van der Waals surface area contributed by atoms with Gasteiger partial charge in [0, 0.05) is 11.8 Å². The summed E-state index contributed by atoms with van der Waals surface area (Å²) in [6, 6.07) is 15.0. The molecule has 10 heteroatoms. The van der Waals surface area contributed by atoms with Crippen LogP contribution < -0.4 is 31.3 Å². The number of nitrogens with zero attached hydrogens (tertiary/aromatic N) is 3. The number of aromatic nitrogens is 1. The molecule has 0 bridgehead atoms. The van der Waals surface area contributed by atoms with E-state index in [4.69, 9.17) is 21.2 Å². The summed E-state index contributed by atoms with van der Waals surface area (Å²) in [6.45, 7) is 11.5. The van der Waals surface area contributed by atoms with Crippen molar-refractivity contribution in [2.75, 3.05) is 22.9 Å². The number of rotatable bonds is 7. The minimum absolute atomic E-state index is 0.0724. The van der Waals surface area contributed by atoms with Gasteiger partial charge in [0.15, 0.2) is 16.1 Å². The number of piperidine rings is 1. The first-order valence-corrected chi connectivity index (χ1v) is 16.0. The number of pyridine rings is 1. The zero-order valence-corrected chi connectivity index (χ0v) is 25.4. The maximum atomic E-state index is 13.5. The molecule has 2 aromatic carbocycles. The normalized spacial score (nSPS) is 20.0. The van der Waals surface area contributed by atoms with Crippen LogP contribution >= 0.6 is 0 Å². The highest BCUT2D eigenvalue weighted by Gasteiger charge is 2.41. The molecule has 0 radical (unpaired) electrons. The van der Waals surface area contributed by atoms with Crippen LogP contribution in [0.2, 0.25) is 0 Å². The maximum absolute atomic E-state index is 13.5. The fourth-order valence-electron chi connectivity index (χ4n) is 5.92. The Kier molecular flexibility index (Phi) is 8.29. The minimum atomic E-state index is -3.63. The predicted octanol–water partition coefficient (Wildman–Crippen LogP) is 4.68. The average Bonchev–Trinajstić information content (AvgIpc) is 2.95. The highest BCUT2D eigenvalue weighted by atomic mass is 32.2. The van der Waals surface area contributed by atoms with Gasteiger partial charge >= 0.3 is 0 Å². The lowest BCUT2D eigenvalue weighted by Crippen LogP contribution is -2.60. The molecule has 0 saturated carbocycles. The zero-order valence-electron chi connectivity index (χ0n) is 24.5. The van der Waals surface area contributed by atoms with E-state index < -0.39 is 27.5 Å². The second-order valence-electron chi connectivity index (χ2n) is 11.5. The smallest absolute Gasteiger partial charge is 0.182 e. The third-order valence-electron chi connectivity index (χ3n) is 8.03. The second-order valence-corrected chi connectivity index (χ2v) is 14.0. The van der Waals surface area contributed by atoms with Gasteiger partial charge in [-0.25, -0.2) is 13.4 Å². The van der Waals surface area contributed by atoms with Gasteiger partial charge in [-0.05, 0) is 108 Å². The van der Waals surface area contributed by atoms with E-state index in [-0.39, 0.29) is 11.0 Å². The predicted molar refractivity (Wildman–Crippen MR) is 164 cm³/mol. The van der Waals surface area contributed by atoms with Crippen molar-refractivity contribution in [1.82, 2.24) is 10.3 Å². The summed E-state index contributed by atoms with van der Waals surface area (Å²) in [7, 11) is -3.63. The molecule has 2 atom stereocenters. The molecule has 0 spiro atoms. The first-order chi connectivity index (χ1) is 19.5. The standard InChI is InChI=1S/C31H42N6O3S/c1-19(2)40-27-18-24(22-12-15-34-16-13-22)21(5)17-26(27)37-30-23(9-8-14-35-30)29(32)36(31(37)33)25-10-6-7-11-28(25)41(38,39)20(3)4/h6-11,14,17-20,22,29,31,34H,12-13,15-16,32-33H2,1-5H3. The van der Waals surface area contributed by atoms with Crippen LogP contribution in [-0.4, -0.2) is 44.1 Å². The van der Waals surface area contributed by atoms with Crippen LogP contribution in [-0.2, 0) is 9.84 Å². The van der Waals surface area contributed by atoms with Crippen molar-refractivity contribution >= 4 is 27.0 Å². The number of para-hydroxylation sites is 1. The highest BCUT2D eigenvalue weighted by molar-refractivity contribution is 7.92. The SMILES string of the molecule is Cc1cc(N2c3ncccc3C(N)N(c3ccccc3S(=O)(=O)C(C)C)C2N)c(OC(C)C)cc1C1CCNCC1. The molecular formula is C31H42N6O3S. The lowest BCUT2D eigenvalue weighted by molar-refractivity contribution is 0.242. The number of fused-ring (bicyclic) bond motifs is 1. The Morgan fingerprint density at radius 3 is 2.37 bits per heavy atom. The second kappa shape index (κ2) is 11.6. The van der Waals surface area contributed by atoms with Crippen molar-refractivity contribution in [2.45, 2.75) is 82.1 Å². The fraction of sp³-hybridized carbons (Fsp3) is 0.452. The van der Waals surface area contributed by atoms with E-state index in [1.54, 1.807) is 43.1 Å². The van der Waals surface area contributed by atoms with E-state index in [1.807, 2.05) is 36.9 Å². The molecule has 1 saturated heterocycles. The van der Waals surface area contributed by atoms with Crippen molar-refractivity contribution in [3.8, 4) is 5.75 Å². The van der Waals surface area contributed by atoms with Gasteiger partial charge in [-0.2, -0.15) is 0 Å². The van der Waals surface area contributed by atoms with Crippen molar-refractivity contribution < 1.29 is 13.2 Å². The Balaban J connectivity index is 1.70. The number of sulfone groups is 1. The molecule has 5 rings (SSSR count). The van der Waals surface area contributed by atoms with Crippen molar-refractivity contribution in [1.29, 1.82) is 0 Å². The first-order valence-electron chi connectivity index (χ1n) is 14.4. The van der Waals surface area contributed by atoms with E-state index in [2.05, 4.69) is 24.4 Å². The number of ether oxygens (including phenoxy) is 1. The lowest BCUT2D eigenvalue weighted by atomic mass is 9.87. The summed E-state index contributed by atoms with van der Waals surface area (Å²) in [5, 5.41) is 2.84. The third-order valence-corrected chi connectivity index (χ3v) is 10.2. The topological polar surface area (TPSA) is 127 Å². The van der Waals surface area contributed by atoms with E-state index in [0.717, 1.165) is 42.7 Å². The van der Waals surface area contributed by atoms with Crippen LogP contribution in [0.3, 0.4) is 0 Å². The summed E-state index contributed by atoms with van der Waals surface area (Å²) >= 11 is 0. The summed E-state index contributed by atoms with van der Waals surface area (Å²) in [4.78, 5) is 8.62. The molecule has 2 aliphatic rings. The summed E-state index contributed by atoms with van der Waals surface area (Å²) in [5.74, 6) is 1.78. The number of benzene rings is 2. The van der Waals surface area contributed by atoms with Crippen LogP contribution in [0.15, 0.2) is 59.6 Å². The summed E-state index contributed by atoms with van der Waals surface area (Å²) in [6.07, 6.45) is 2.19. The van der Waals surface area contributed by atoms with Gasteiger partial charge in [0.2, 0.25) is 0 Å². The molecule has 3 aromatic rings. The molecule has 3 heterocycles. The number of nitrogens with one attached hydrogen (secondary N) is 1. The lowest BCUT2D eigenvalue weighted by Gasteiger charge is -2.48. The third kappa shape index (κ3) is 5.41. The van der Waals surface area contributed by atoms with Crippen LogP contribution in [0, 0.1) is 6.92 Å². The quantitative estimate of drug-likeness (QED) is 0.366. The van der Waals surface area contributed by atoms with E-state index in [0.29, 0.717) is 23.2 Å². The molecule has 2 aliphatic heterocycles. The number of aryl methyl sites for hydroxylation is 1. The van der Waals surface area contributed by atoms with Crippen LogP contribution in [0.4, 0.5) is 17.2 Å². The van der Waals surface area contributed by atoms with Gasteiger partial charge in [0.25, 0.3) is 0 Å². The Bertz CT molecular complexity index is 1500. The molecule has 5 N–H and O–H groups in total. The molecule has 0 amide bonds. The van der Waals surface area contributed by atoms with Crippen molar-refractivity contribution in [3.63, 3.8) is 0 Å². The summed E-state index contributed by atoms with van der Waals surface area (Å²) in [5.41, 5.74) is 18.3. The zero-order chi connectivity index (χ0) is 29.5. The van der Waals surface area contributed by atoms with Crippen LogP contribution in [0.25, 0.3) is 0 Å². The number of hydrogen-bond donors (Lipinski definition) is 3. The van der Waals surface area contributed by atoms with E-state index in [9.17, 15) is 8.42 Å². The molecular weight excluding hydrogens is 536 g/mol. The maximum Gasteiger partial charge on any atom is 0.182 e. The Morgan fingerprint density at radius 2 is 1.68 bits per heavy atom. The van der Waals surface area contributed by atoms with Gasteiger partial charge in [-0.15, -0.1) is 0 Å². The fourth-order valence-corrected chi connectivity index (χ4v) is 7.16. The highest BCUT2D eigenvalue weighted by Crippen LogP contribution is 2.46. The Hall–Kier alpha value is -3.18. The first kappa shape index (κ1) is 29.3. The molecule has 1 fully saturated rings. The summed E-state index contributed by atoms with van der Waals surface area (Å²) < 4.78 is 33.3. The number of hydrogen-bond acceptors (Lipinski definition) is 9. The van der Waals surface area contributed by atoms with E-state index in [1.165, 1.54) is 5.56 Å². The number of anilines is 3. The van der Waals surface area contributed by atoms with Crippen LogP contribution in [0.1, 0.15) is 69.3 Å². The molecule has 41 heavy (non-hydrogen) atoms. The molecule has 9 nitrogen and oxygen atoms in total. The molecule has 0 aliphatic carbocycles. The number of nitrogens with two attached hydrogens (primary N) is 2. The molecule has 220 valence electrons. The van der Waals surface area contributed by atoms with Gasteiger partial charge in [0.05, 0.1) is 27.6 Å². The monoisotopic (exact) mass is 578 g/mol. The van der Waals surface area contributed by atoms with Gasteiger partial charge < -0.3 is 20.7 Å². The van der Waals surface area contributed by atoms with Gasteiger partial charge in [-0.1, -0.05) is 18.2 Å². The molecule has 2 unspecified atom stereocenters.